The molecule has 0 aromatic rings. The number of nitrogens with one attached hydrogen (secondary N) is 1. The van der Waals surface area contributed by atoms with Gasteiger partial charge in [0.15, 0.2) is 0 Å². The van der Waals surface area contributed by atoms with Crippen molar-refractivity contribution in [3.63, 3.8) is 0 Å². The molecule has 0 aliphatic rings. The van der Waals surface area contributed by atoms with Gasteiger partial charge in [-0.05, 0) is 52.7 Å². The normalized spacial score (nSPS) is 17.5. The molecule has 2 atom stereocenters. The molecular weight excluding hydrogens is 493 g/mol. The molecule has 0 saturated carbocycles. The number of halogens is 11. The fourth-order valence-corrected chi connectivity index (χ4v) is 3.98. The molecule has 0 spiro atoms. The first-order valence-electron chi connectivity index (χ1n) is 9.15. The van der Waals surface area contributed by atoms with Crippen molar-refractivity contribution >= 4 is 10.0 Å². The summed E-state index contributed by atoms with van der Waals surface area (Å²) in [5.74, 6) is -3.78. The van der Waals surface area contributed by atoms with Crippen LogP contribution in [0.2, 0.25) is 0 Å². The number of hydrogen-bond acceptors (Lipinski definition) is 3. The molecule has 1 N–H and O–H groups in total. The number of nitrogens with zero attached hydrogens (tertiary/aromatic N) is 1. The Morgan fingerprint density at radius 2 is 1.28 bits per heavy atom. The second-order valence-electron chi connectivity index (χ2n) is 7.92. The first kappa shape index (κ1) is 31.1. The Labute approximate surface area is 178 Å². The van der Waals surface area contributed by atoms with Gasteiger partial charge >= 0.3 is 18.5 Å². The minimum atomic E-state index is -6.57. The van der Waals surface area contributed by atoms with E-state index in [0.717, 1.165) is 0 Å². The Morgan fingerprint density at radius 3 is 1.66 bits per heavy atom. The second kappa shape index (κ2) is 10.6. The van der Waals surface area contributed by atoms with Gasteiger partial charge in [0.1, 0.15) is 0 Å². The summed E-state index contributed by atoms with van der Waals surface area (Å²) in [6.45, 7) is 0.111. The van der Waals surface area contributed by atoms with Crippen LogP contribution in [-0.4, -0.2) is 76.1 Å². The quantitative estimate of drug-likeness (QED) is 0.299. The maximum atomic E-state index is 14.0. The second-order valence-corrected chi connectivity index (χ2v) is 9.85. The third kappa shape index (κ3) is 9.15. The number of rotatable bonds is 12. The minimum Gasteiger partial charge on any atom is -0.309 e. The van der Waals surface area contributed by atoms with Crippen LogP contribution >= 0.6 is 0 Å². The Morgan fingerprint density at radius 1 is 0.812 bits per heavy atom. The van der Waals surface area contributed by atoms with Gasteiger partial charge in [0.25, 0.3) is 5.67 Å². The fraction of sp³-hybridized carbons (Fsp3) is 1.00. The van der Waals surface area contributed by atoms with Crippen molar-refractivity contribution in [2.24, 2.45) is 5.92 Å². The molecule has 0 amide bonds. The molecular formula is C16H25F11N2O2S. The fourth-order valence-electron chi connectivity index (χ4n) is 2.74. The smallest absolute Gasteiger partial charge is 0.309 e. The molecule has 0 aromatic heterocycles. The first-order chi connectivity index (χ1) is 14.0. The van der Waals surface area contributed by atoms with Gasteiger partial charge in [0, 0.05) is 13.0 Å². The van der Waals surface area contributed by atoms with E-state index in [1.807, 2.05) is 4.72 Å². The van der Waals surface area contributed by atoms with Crippen molar-refractivity contribution in [3.8, 4) is 0 Å². The van der Waals surface area contributed by atoms with Gasteiger partial charge in [-0.1, -0.05) is 0 Å². The predicted molar refractivity (Wildman–Crippen MR) is 93.8 cm³/mol. The van der Waals surface area contributed by atoms with Crippen molar-refractivity contribution in [2.45, 2.75) is 62.5 Å². The van der Waals surface area contributed by atoms with E-state index < -0.39 is 70.8 Å². The van der Waals surface area contributed by atoms with Crippen LogP contribution in [0.5, 0.6) is 0 Å². The summed E-state index contributed by atoms with van der Waals surface area (Å²) in [6, 6.07) is 0. The van der Waals surface area contributed by atoms with Crippen molar-refractivity contribution in [3.05, 3.63) is 0 Å². The van der Waals surface area contributed by atoms with Crippen molar-refractivity contribution in [2.75, 3.05) is 32.9 Å². The van der Waals surface area contributed by atoms with Crippen LogP contribution in [0.4, 0.5) is 48.3 Å². The van der Waals surface area contributed by atoms with Gasteiger partial charge in [0.05, 0.1) is 5.75 Å². The van der Waals surface area contributed by atoms with E-state index in [1.54, 1.807) is 19.0 Å². The average molecular weight is 518 g/mol. The molecule has 0 rings (SSSR count). The number of hydrogen-bond donors (Lipinski definition) is 1. The van der Waals surface area contributed by atoms with E-state index in [1.165, 1.54) is 0 Å². The van der Waals surface area contributed by atoms with E-state index in [-0.39, 0.29) is 19.9 Å². The van der Waals surface area contributed by atoms with E-state index in [4.69, 9.17) is 0 Å². The zero-order valence-corrected chi connectivity index (χ0v) is 18.2. The molecule has 0 aromatic carbocycles. The molecule has 194 valence electrons. The monoisotopic (exact) mass is 518 g/mol. The van der Waals surface area contributed by atoms with Gasteiger partial charge in [-0.3, -0.25) is 0 Å². The lowest BCUT2D eigenvalue weighted by Gasteiger charge is -2.35. The SMILES string of the molecule is CN(C)CCCNS(=O)(=O)CCC(CC(C)(F)C(F)(F)F)CC(F)(C(F)(F)F)C(F)(F)F. The lowest BCUT2D eigenvalue weighted by atomic mass is 9.82. The third-order valence-electron chi connectivity index (χ3n) is 4.63. The van der Waals surface area contributed by atoms with E-state index in [9.17, 15) is 56.7 Å². The Hall–Kier alpha value is -0.900. The van der Waals surface area contributed by atoms with Crippen LogP contribution < -0.4 is 4.72 Å². The Kier molecular flexibility index (Phi) is 10.3. The van der Waals surface area contributed by atoms with Crippen LogP contribution in [-0.2, 0) is 10.0 Å². The lowest BCUT2D eigenvalue weighted by molar-refractivity contribution is -0.347. The highest BCUT2D eigenvalue weighted by atomic mass is 32.2. The molecule has 0 radical (unpaired) electrons. The lowest BCUT2D eigenvalue weighted by Crippen LogP contribution is -2.55. The van der Waals surface area contributed by atoms with Gasteiger partial charge in [0.2, 0.25) is 15.7 Å². The maximum absolute atomic E-state index is 14.0. The van der Waals surface area contributed by atoms with Gasteiger partial charge in [-0.15, -0.1) is 0 Å². The van der Waals surface area contributed by atoms with Gasteiger partial charge < -0.3 is 4.90 Å². The summed E-state index contributed by atoms with van der Waals surface area (Å²) < 4.78 is 169. The van der Waals surface area contributed by atoms with Crippen LogP contribution in [0, 0.1) is 5.92 Å². The highest BCUT2D eigenvalue weighted by molar-refractivity contribution is 7.89. The standard InChI is InChI=1S/C16H25F11N2O2S/c1-12(17,14(19,20)21)9-11(10-13(18,15(22,23)24)16(25,26)27)5-8-32(30,31)28-6-4-7-29(2)3/h11,28H,4-10H2,1-3H3. The number of alkyl halides is 11. The Bertz CT molecular complexity index is 672. The zero-order chi connectivity index (χ0) is 25.8. The van der Waals surface area contributed by atoms with Crippen molar-refractivity contribution < 1.29 is 56.7 Å². The summed E-state index contributed by atoms with van der Waals surface area (Å²) in [4.78, 5) is 1.68. The largest absolute Gasteiger partial charge is 0.431 e. The topological polar surface area (TPSA) is 49.4 Å². The first-order valence-corrected chi connectivity index (χ1v) is 10.8. The molecule has 0 fully saturated rings. The predicted octanol–water partition coefficient (Wildman–Crippen LogP) is 4.77. The molecule has 0 aliphatic carbocycles. The van der Waals surface area contributed by atoms with Gasteiger partial charge in [-0.25, -0.2) is 21.9 Å². The van der Waals surface area contributed by atoms with Crippen molar-refractivity contribution in [1.82, 2.24) is 9.62 Å². The zero-order valence-electron chi connectivity index (χ0n) is 17.4. The summed E-state index contributed by atoms with van der Waals surface area (Å²) in [5.41, 5.74) is -10.2. The van der Waals surface area contributed by atoms with E-state index >= 15 is 0 Å². The molecule has 32 heavy (non-hydrogen) atoms. The molecule has 2 unspecified atom stereocenters. The van der Waals surface area contributed by atoms with Crippen LogP contribution in [0.25, 0.3) is 0 Å². The highest BCUT2D eigenvalue weighted by Gasteiger charge is 2.72. The van der Waals surface area contributed by atoms with Crippen LogP contribution in [0.1, 0.15) is 32.6 Å². The summed E-state index contributed by atoms with van der Waals surface area (Å²) in [5, 5.41) is 0. The highest BCUT2D eigenvalue weighted by Crippen LogP contribution is 2.52. The molecule has 0 bridgehead atoms. The van der Waals surface area contributed by atoms with Crippen LogP contribution in [0.3, 0.4) is 0 Å². The third-order valence-corrected chi connectivity index (χ3v) is 6.05. The molecule has 0 saturated heterocycles. The molecule has 0 aliphatic heterocycles. The number of sulfonamides is 1. The average Bonchev–Trinajstić information content (AvgIpc) is 2.53. The van der Waals surface area contributed by atoms with Crippen LogP contribution in [0.15, 0.2) is 0 Å². The Balaban J connectivity index is 5.68. The maximum Gasteiger partial charge on any atom is 0.431 e. The molecule has 16 heteroatoms. The molecule has 4 nitrogen and oxygen atoms in total. The summed E-state index contributed by atoms with van der Waals surface area (Å²) >= 11 is 0. The van der Waals surface area contributed by atoms with Gasteiger partial charge in [-0.2, -0.15) is 39.5 Å². The minimum absolute atomic E-state index is 0.130. The summed E-state index contributed by atoms with van der Waals surface area (Å²) in [6.07, 6.45) is -24.5. The van der Waals surface area contributed by atoms with Crippen molar-refractivity contribution in [1.29, 1.82) is 0 Å². The summed E-state index contributed by atoms with van der Waals surface area (Å²) in [7, 11) is -1.02. The van der Waals surface area contributed by atoms with E-state index in [2.05, 4.69) is 0 Å². The van der Waals surface area contributed by atoms with E-state index in [0.29, 0.717) is 6.54 Å². The molecule has 0 heterocycles.